The van der Waals surface area contributed by atoms with Crippen molar-refractivity contribution in [2.45, 2.75) is 13.2 Å². The van der Waals surface area contributed by atoms with Crippen LogP contribution in [0.25, 0.3) is 10.8 Å². The number of nitrogens with one attached hydrogen (secondary N) is 1. The first kappa shape index (κ1) is 19.4. The largest absolute Gasteiger partial charge is 0.496 e. The molecule has 6 nitrogen and oxygen atoms in total. The van der Waals surface area contributed by atoms with Crippen LogP contribution in [0.1, 0.15) is 21.8 Å². The van der Waals surface area contributed by atoms with Gasteiger partial charge in [0.2, 0.25) is 0 Å². The quantitative estimate of drug-likeness (QED) is 0.490. The highest BCUT2D eigenvalue weighted by molar-refractivity contribution is 5.93. The number of rotatable bonds is 7. The SMILES string of the molecule is COc1ccc(OCc2cc(C(=O)NCc3ccccc3F)no2)c2ccccc12. The monoisotopic (exact) mass is 406 g/mol. The van der Waals surface area contributed by atoms with Crippen molar-refractivity contribution < 1.29 is 23.2 Å². The average Bonchev–Trinajstić information content (AvgIpc) is 3.26. The lowest BCUT2D eigenvalue weighted by Gasteiger charge is -2.10. The molecular weight excluding hydrogens is 387 g/mol. The Hall–Kier alpha value is -3.87. The molecule has 0 saturated carbocycles. The highest BCUT2D eigenvalue weighted by atomic mass is 19.1. The summed E-state index contributed by atoms with van der Waals surface area (Å²) in [4.78, 5) is 12.3. The van der Waals surface area contributed by atoms with Gasteiger partial charge in [0.25, 0.3) is 5.91 Å². The molecule has 1 N–H and O–H groups in total. The number of carbonyl (C=O) groups excluding carboxylic acids is 1. The third-order valence-electron chi connectivity index (χ3n) is 4.62. The Morgan fingerprint density at radius 2 is 1.73 bits per heavy atom. The van der Waals surface area contributed by atoms with E-state index >= 15 is 0 Å². The summed E-state index contributed by atoms with van der Waals surface area (Å²) in [6.45, 7) is 0.159. The van der Waals surface area contributed by atoms with Gasteiger partial charge in [0.15, 0.2) is 11.5 Å². The standard InChI is InChI=1S/C23H19FN2O4/c1-28-21-10-11-22(18-8-4-3-7-17(18)21)29-14-16-12-20(26-30-16)23(27)25-13-15-6-2-5-9-19(15)24/h2-12H,13-14H2,1H3,(H,25,27). The van der Waals surface area contributed by atoms with Crippen molar-refractivity contribution in [3.63, 3.8) is 0 Å². The van der Waals surface area contributed by atoms with E-state index in [-0.39, 0.29) is 24.7 Å². The van der Waals surface area contributed by atoms with Gasteiger partial charge in [-0.15, -0.1) is 0 Å². The summed E-state index contributed by atoms with van der Waals surface area (Å²) < 4.78 is 30.1. The smallest absolute Gasteiger partial charge is 0.273 e. The molecule has 1 amide bonds. The molecule has 0 saturated heterocycles. The van der Waals surface area contributed by atoms with E-state index in [2.05, 4.69) is 10.5 Å². The molecule has 0 aliphatic carbocycles. The van der Waals surface area contributed by atoms with Gasteiger partial charge in [0.1, 0.15) is 23.9 Å². The van der Waals surface area contributed by atoms with Crippen molar-refractivity contribution in [1.82, 2.24) is 10.5 Å². The van der Waals surface area contributed by atoms with Crippen LogP contribution in [-0.4, -0.2) is 18.2 Å². The highest BCUT2D eigenvalue weighted by Crippen LogP contribution is 2.33. The normalized spacial score (nSPS) is 10.7. The number of fused-ring (bicyclic) bond motifs is 1. The number of amides is 1. The van der Waals surface area contributed by atoms with Crippen LogP contribution in [0.5, 0.6) is 11.5 Å². The van der Waals surface area contributed by atoms with E-state index in [0.29, 0.717) is 17.1 Å². The van der Waals surface area contributed by atoms with E-state index in [0.717, 1.165) is 16.5 Å². The maximum Gasteiger partial charge on any atom is 0.273 e. The van der Waals surface area contributed by atoms with Gasteiger partial charge < -0.3 is 19.3 Å². The van der Waals surface area contributed by atoms with Gasteiger partial charge in [-0.2, -0.15) is 0 Å². The maximum atomic E-state index is 13.7. The second-order valence-electron chi connectivity index (χ2n) is 6.55. The second kappa shape index (κ2) is 8.65. The molecule has 0 spiro atoms. The first-order valence-corrected chi connectivity index (χ1v) is 9.31. The third kappa shape index (κ3) is 4.10. The summed E-state index contributed by atoms with van der Waals surface area (Å²) in [6, 6.07) is 19.1. The molecule has 152 valence electrons. The van der Waals surface area contributed by atoms with Gasteiger partial charge in [-0.05, 0) is 18.2 Å². The lowest BCUT2D eigenvalue weighted by Crippen LogP contribution is -2.23. The average molecular weight is 406 g/mol. The number of benzene rings is 3. The van der Waals surface area contributed by atoms with E-state index in [1.807, 2.05) is 36.4 Å². The molecule has 30 heavy (non-hydrogen) atoms. The molecule has 0 atom stereocenters. The van der Waals surface area contributed by atoms with Crippen LogP contribution in [0.15, 0.2) is 71.3 Å². The minimum Gasteiger partial charge on any atom is -0.496 e. The Balaban J connectivity index is 1.41. The summed E-state index contributed by atoms with van der Waals surface area (Å²) in [6.07, 6.45) is 0. The van der Waals surface area contributed by atoms with Crippen LogP contribution in [0, 0.1) is 5.82 Å². The number of nitrogens with zero attached hydrogens (tertiary/aromatic N) is 1. The molecule has 0 bridgehead atoms. The molecule has 4 aromatic rings. The van der Waals surface area contributed by atoms with Gasteiger partial charge in [-0.3, -0.25) is 4.79 Å². The predicted octanol–water partition coefficient (Wildman–Crippen LogP) is 4.48. The van der Waals surface area contributed by atoms with Gasteiger partial charge in [-0.1, -0.05) is 47.6 Å². The Bertz CT molecular complexity index is 1190. The minimum absolute atomic E-state index is 0.0576. The number of hydrogen-bond donors (Lipinski definition) is 1. The Morgan fingerprint density at radius 1 is 1.03 bits per heavy atom. The lowest BCUT2D eigenvalue weighted by molar-refractivity contribution is 0.0941. The fourth-order valence-electron chi connectivity index (χ4n) is 3.09. The number of hydrogen-bond acceptors (Lipinski definition) is 5. The Labute approximate surface area is 172 Å². The number of aromatic nitrogens is 1. The van der Waals surface area contributed by atoms with Crippen molar-refractivity contribution in [2.24, 2.45) is 0 Å². The second-order valence-corrected chi connectivity index (χ2v) is 6.55. The molecule has 0 aliphatic rings. The van der Waals surface area contributed by atoms with Crippen LogP contribution >= 0.6 is 0 Å². The van der Waals surface area contributed by atoms with Crippen molar-refractivity contribution in [2.75, 3.05) is 7.11 Å². The lowest BCUT2D eigenvalue weighted by atomic mass is 10.1. The minimum atomic E-state index is -0.455. The number of methoxy groups -OCH3 is 1. The number of carbonyl (C=O) groups is 1. The molecule has 1 heterocycles. The van der Waals surface area contributed by atoms with E-state index in [9.17, 15) is 9.18 Å². The molecule has 7 heteroatoms. The van der Waals surface area contributed by atoms with E-state index in [1.54, 1.807) is 25.3 Å². The molecule has 0 unspecified atom stereocenters. The molecule has 3 aromatic carbocycles. The van der Waals surface area contributed by atoms with Crippen molar-refractivity contribution in [3.8, 4) is 11.5 Å². The van der Waals surface area contributed by atoms with Crippen LogP contribution in [0.2, 0.25) is 0 Å². The van der Waals surface area contributed by atoms with E-state index < -0.39 is 5.91 Å². The summed E-state index contributed by atoms with van der Waals surface area (Å²) in [7, 11) is 1.62. The zero-order chi connectivity index (χ0) is 20.9. The number of ether oxygens (including phenoxy) is 2. The summed E-state index contributed by atoms with van der Waals surface area (Å²) in [5.41, 5.74) is 0.494. The van der Waals surface area contributed by atoms with Crippen molar-refractivity contribution in [1.29, 1.82) is 0 Å². The molecule has 0 aliphatic heterocycles. The zero-order valence-electron chi connectivity index (χ0n) is 16.2. The van der Waals surface area contributed by atoms with Crippen LogP contribution in [-0.2, 0) is 13.2 Å². The molecule has 1 aromatic heterocycles. The summed E-state index contributed by atoms with van der Waals surface area (Å²) in [5, 5.41) is 8.23. The third-order valence-corrected chi connectivity index (χ3v) is 4.62. The van der Waals surface area contributed by atoms with Gasteiger partial charge in [0.05, 0.1) is 7.11 Å². The van der Waals surface area contributed by atoms with Crippen LogP contribution in [0.3, 0.4) is 0 Å². The first-order valence-electron chi connectivity index (χ1n) is 9.31. The van der Waals surface area contributed by atoms with E-state index in [4.69, 9.17) is 14.0 Å². The van der Waals surface area contributed by atoms with Gasteiger partial charge >= 0.3 is 0 Å². The summed E-state index contributed by atoms with van der Waals surface area (Å²) in [5.74, 6) is 0.979. The molecular formula is C23H19FN2O4. The zero-order valence-corrected chi connectivity index (χ0v) is 16.2. The Kier molecular flexibility index (Phi) is 5.61. The van der Waals surface area contributed by atoms with Crippen LogP contribution < -0.4 is 14.8 Å². The van der Waals surface area contributed by atoms with Crippen molar-refractivity contribution >= 4 is 16.7 Å². The maximum absolute atomic E-state index is 13.7. The molecule has 4 rings (SSSR count). The number of halogens is 1. The summed E-state index contributed by atoms with van der Waals surface area (Å²) >= 11 is 0. The van der Waals surface area contributed by atoms with Crippen LogP contribution in [0.4, 0.5) is 4.39 Å². The van der Waals surface area contributed by atoms with Crippen molar-refractivity contribution in [3.05, 3.63) is 89.6 Å². The fourth-order valence-corrected chi connectivity index (χ4v) is 3.09. The predicted molar refractivity (Wildman–Crippen MR) is 109 cm³/mol. The van der Waals surface area contributed by atoms with Gasteiger partial charge in [-0.25, -0.2) is 4.39 Å². The molecule has 0 fully saturated rings. The molecule has 0 radical (unpaired) electrons. The topological polar surface area (TPSA) is 73.6 Å². The first-order chi connectivity index (χ1) is 14.7. The Morgan fingerprint density at radius 3 is 2.50 bits per heavy atom. The van der Waals surface area contributed by atoms with E-state index in [1.165, 1.54) is 12.1 Å². The highest BCUT2D eigenvalue weighted by Gasteiger charge is 2.14. The fraction of sp³-hybridized carbons (Fsp3) is 0.130. The van der Waals surface area contributed by atoms with Gasteiger partial charge in [0, 0.05) is 28.9 Å².